The molecule has 1 aromatic heterocycles. The molecule has 0 amide bonds. The fraction of sp³-hybridized carbons (Fsp3) is 0.667. The fourth-order valence-corrected chi connectivity index (χ4v) is 3.71. The van der Waals surface area contributed by atoms with Crippen molar-refractivity contribution >= 4 is 47.5 Å². The van der Waals surface area contributed by atoms with Crippen molar-refractivity contribution in [2.75, 3.05) is 31.2 Å². The highest BCUT2D eigenvalue weighted by atomic mass is 127. The first kappa shape index (κ1) is 22.3. The predicted molar refractivity (Wildman–Crippen MR) is 121 cm³/mol. The number of thioether (sulfide) groups is 1. The molecule has 0 spiro atoms. The molecular formula is C18H32IN5S. The Balaban J connectivity index is 0.00000312. The SMILES string of the molecule is CCNC(=NCCCCNc1ccccn1)NC1CCC(SC)C1.I. The van der Waals surface area contributed by atoms with E-state index in [1.165, 1.54) is 19.3 Å². The second-order valence-electron chi connectivity index (χ2n) is 6.12. The van der Waals surface area contributed by atoms with E-state index in [-0.39, 0.29) is 24.0 Å². The van der Waals surface area contributed by atoms with Crippen molar-refractivity contribution in [3.8, 4) is 0 Å². The summed E-state index contributed by atoms with van der Waals surface area (Å²) in [6, 6.07) is 6.50. The number of halogens is 1. The Morgan fingerprint density at radius 2 is 2.20 bits per heavy atom. The van der Waals surface area contributed by atoms with Crippen LogP contribution < -0.4 is 16.0 Å². The Morgan fingerprint density at radius 3 is 2.88 bits per heavy atom. The topological polar surface area (TPSA) is 61.3 Å². The summed E-state index contributed by atoms with van der Waals surface area (Å²) in [6.45, 7) is 4.82. The summed E-state index contributed by atoms with van der Waals surface area (Å²) in [5, 5.41) is 11.1. The van der Waals surface area contributed by atoms with Gasteiger partial charge in [0.1, 0.15) is 5.82 Å². The van der Waals surface area contributed by atoms with Gasteiger partial charge in [-0.2, -0.15) is 11.8 Å². The summed E-state index contributed by atoms with van der Waals surface area (Å²) < 4.78 is 0. The van der Waals surface area contributed by atoms with Crippen molar-refractivity contribution in [1.29, 1.82) is 0 Å². The molecule has 25 heavy (non-hydrogen) atoms. The largest absolute Gasteiger partial charge is 0.370 e. The van der Waals surface area contributed by atoms with Gasteiger partial charge in [-0.3, -0.25) is 4.99 Å². The standard InChI is InChI=1S/C18H31N5S.HI/c1-3-19-18(23-15-9-10-16(14-15)24-2)22-13-7-6-12-21-17-8-4-5-11-20-17;/h4-5,8,11,15-16H,3,6-7,9-10,12-14H2,1-2H3,(H,20,21)(H2,19,22,23);1H. The minimum atomic E-state index is 0. The normalized spacial score (nSPS) is 20.0. The molecule has 1 aromatic rings. The van der Waals surface area contributed by atoms with Crippen LogP contribution in [0.5, 0.6) is 0 Å². The van der Waals surface area contributed by atoms with Crippen molar-refractivity contribution < 1.29 is 0 Å². The molecule has 7 heteroatoms. The van der Waals surface area contributed by atoms with Gasteiger partial charge in [0, 0.05) is 37.1 Å². The zero-order chi connectivity index (χ0) is 17.0. The van der Waals surface area contributed by atoms with Gasteiger partial charge in [0.2, 0.25) is 0 Å². The lowest BCUT2D eigenvalue weighted by atomic mass is 10.2. The summed E-state index contributed by atoms with van der Waals surface area (Å²) in [7, 11) is 0. The van der Waals surface area contributed by atoms with Gasteiger partial charge in [-0.25, -0.2) is 4.98 Å². The van der Waals surface area contributed by atoms with E-state index in [1.54, 1.807) is 0 Å². The minimum Gasteiger partial charge on any atom is -0.370 e. The number of guanidine groups is 1. The van der Waals surface area contributed by atoms with E-state index in [2.05, 4.69) is 34.1 Å². The first-order chi connectivity index (χ1) is 11.8. The minimum absolute atomic E-state index is 0. The predicted octanol–water partition coefficient (Wildman–Crippen LogP) is 3.73. The number of unbranched alkanes of at least 4 members (excludes halogenated alkanes) is 1. The van der Waals surface area contributed by atoms with Crippen molar-refractivity contribution in [2.24, 2.45) is 4.99 Å². The van der Waals surface area contributed by atoms with E-state index in [0.29, 0.717) is 6.04 Å². The second kappa shape index (κ2) is 13.5. The average Bonchev–Trinajstić information content (AvgIpc) is 3.06. The molecule has 0 radical (unpaired) electrons. The van der Waals surface area contributed by atoms with E-state index in [1.807, 2.05) is 36.2 Å². The number of pyridine rings is 1. The number of aliphatic imine (C=N–C) groups is 1. The van der Waals surface area contributed by atoms with Crippen LogP contribution >= 0.6 is 35.7 Å². The Hall–Kier alpha value is -0.700. The molecule has 3 N–H and O–H groups in total. The number of aromatic nitrogens is 1. The van der Waals surface area contributed by atoms with Crippen molar-refractivity contribution in [3.05, 3.63) is 24.4 Å². The molecule has 0 aromatic carbocycles. The molecule has 2 atom stereocenters. The van der Waals surface area contributed by atoms with Gasteiger partial charge >= 0.3 is 0 Å². The first-order valence-corrected chi connectivity index (χ1v) is 10.3. The van der Waals surface area contributed by atoms with Gasteiger partial charge in [0.25, 0.3) is 0 Å². The number of nitrogens with one attached hydrogen (secondary N) is 3. The molecular weight excluding hydrogens is 445 g/mol. The first-order valence-electron chi connectivity index (χ1n) is 9.04. The molecule has 0 aliphatic heterocycles. The summed E-state index contributed by atoms with van der Waals surface area (Å²) in [4.78, 5) is 8.98. The van der Waals surface area contributed by atoms with Crippen LogP contribution in [0.15, 0.2) is 29.4 Å². The Labute approximate surface area is 173 Å². The third kappa shape index (κ3) is 8.99. The number of hydrogen-bond donors (Lipinski definition) is 3. The molecule has 0 saturated heterocycles. The quantitative estimate of drug-likeness (QED) is 0.219. The highest BCUT2D eigenvalue weighted by molar-refractivity contribution is 14.0. The van der Waals surface area contributed by atoms with Gasteiger partial charge in [0.05, 0.1) is 0 Å². The van der Waals surface area contributed by atoms with Crippen molar-refractivity contribution in [1.82, 2.24) is 15.6 Å². The Kier molecular flexibility index (Phi) is 12.1. The highest BCUT2D eigenvalue weighted by Crippen LogP contribution is 2.27. The van der Waals surface area contributed by atoms with Crippen molar-refractivity contribution in [3.63, 3.8) is 0 Å². The summed E-state index contributed by atoms with van der Waals surface area (Å²) in [6.07, 6.45) is 10.0. The maximum atomic E-state index is 4.72. The van der Waals surface area contributed by atoms with Crippen LogP contribution in [0.1, 0.15) is 39.0 Å². The molecule has 1 heterocycles. The number of nitrogens with zero attached hydrogens (tertiary/aromatic N) is 2. The number of hydrogen-bond acceptors (Lipinski definition) is 4. The summed E-state index contributed by atoms with van der Waals surface area (Å²) in [5.74, 6) is 1.92. The zero-order valence-corrected chi connectivity index (χ0v) is 18.5. The van der Waals surface area contributed by atoms with E-state index in [4.69, 9.17) is 4.99 Å². The van der Waals surface area contributed by atoms with Crippen LogP contribution in [0.2, 0.25) is 0 Å². The maximum absolute atomic E-state index is 4.72. The number of anilines is 1. The molecule has 2 unspecified atom stereocenters. The fourth-order valence-electron chi connectivity index (χ4n) is 2.91. The van der Waals surface area contributed by atoms with E-state index >= 15 is 0 Å². The van der Waals surface area contributed by atoms with Gasteiger partial charge in [-0.05, 0) is 57.4 Å². The third-order valence-corrected chi connectivity index (χ3v) is 5.32. The van der Waals surface area contributed by atoms with Crippen LogP contribution in [0, 0.1) is 0 Å². The zero-order valence-electron chi connectivity index (χ0n) is 15.3. The molecule has 5 nitrogen and oxygen atoms in total. The molecule has 1 aliphatic rings. The lowest BCUT2D eigenvalue weighted by Gasteiger charge is -2.17. The lowest BCUT2D eigenvalue weighted by molar-refractivity contribution is 0.613. The monoisotopic (exact) mass is 477 g/mol. The third-order valence-electron chi connectivity index (χ3n) is 4.23. The molecule has 1 aliphatic carbocycles. The average molecular weight is 477 g/mol. The van der Waals surface area contributed by atoms with Crippen LogP contribution in [0.3, 0.4) is 0 Å². The van der Waals surface area contributed by atoms with Gasteiger partial charge in [-0.15, -0.1) is 24.0 Å². The van der Waals surface area contributed by atoms with Crippen LogP contribution in [0.25, 0.3) is 0 Å². The molecule has 0 bridgehead atoms. The molecule has 2 rings (SSSR count). The lowest BCUT2D eigenvalue weighted by Crippen LogP contribution is -2.42. The van der Waals surface area contributed by atoms with Gasteiger partial charge in [0.15, 0.2) is 5.96 Å². The van der Waals surface area contributed by atoms with E-state index in [9.17, 15) is 0 Å². The molecule has 1 fully saturated rings. The van der Waals surface area contributed by atoms with Crippen LogP contribution in [-0.4, -0.2) is 48.1 Å². The van der Waals surface area contributed by atoms with Gasteiger partial charge < -0.3 is 16.0 Å². The second-order valence-corrected chi connectivity index (χ2v) is 7.26. The van der Waals surface area contributed by atoms with Gasteiger partial charge in [-0.1, -0.05) is 6.07 Å². The van der Waals surface area contributed by atoms with E-state index in [0.717, 1.165) is 49.5 Å². The Bertz CT molecular complexity index is 486. The summed E-state index contributed by atoms with van der Waals surface area (Å²) in [5.41, 5.74) is 0. The summed E-state index contributed by atoms with van der Waals surface area (Å²) >= 11 is 1.99. The highest BCUT2D eigenvalue weighted by Gasteiger charge is 2.24. The maximum Gasteiger partial charge on any atom is 0.191 e. The molecule has 142 valence electrons. The van der Waals surface area contributed by atoms with Crippen LogP contribution in [-0.2, 0) is 0 Å². The van der Waals surface area contributed by atoms with E-state index < -0.39 is 0 Å². The Morgan fingerprint density at radius 1 is 1.32 bits per heavy atom. The molecule has 1 saturated carbocycles. The van der Waals surface area contributed by atoms with Crippen molar-refractivity contribution in [2.45, 2.75) is 50.3 Å². The number of rotatable bonds is 9. The van der Waals surface area contributed by atoms with Crippen LogP contribution in [0.4, 0.5) is 5.82 Å². The smallest absolute Gasteiger partial charge is 0.191 e.